The van der Waals surface area contributed by atoms with Gasteiger partial charge in [0.05, 0.1) is 12.2 Å². The van der Waals surface area contributed by atoms with Gasteiger partial charge in [0, 0.05) is 19.1 Å². The molecular formula is C28H48N2O. The third kappa shape index (κ3) is 7.20. The van der Waals surface area contributed by atoms with E-state index < -0.39 is 0 Å². The van der Waals surface area contributed by atoms with Crippen molar-refractivity contribution < 1.29 is 4.74 Å². The summed E-state index contributed by atoms with van der Waals surface area (Å²) < 4.78 is 6.75. The first-order valence-electron chi connectivity index (χ1n) is 14.1. The van der Waals surface area contributed by atoms with Gasteiger partial charge in [0.2, 0.25) is 0 Å². The quantitative estimate of drug-likeness (QED) is 0.419. The van der Waals surface area contributed by atoms with Crippen LogP contribution in [0.1, 0.15) is 109 Å². The van der Waals surface area contributed by atoms with E-state index in [1.807, 2.05) is 0 Å². The van der Waals surface area contributed by atoms with E-state index >= 15 is 0 Å². The number of likely N-dealkylation sites (tertiary alicyclic amines) is 1. The highest BCUT2D eigenvalue weighted by Crippen LogP contribution is 2.38. The number of hydrogen-bond acceptors (Lipinski definition) is 3. The molecule has 1 saturated heterocycles. The zero-order chi connectivity index (χ0) is 21.3. The largest absolute Gasteiger partial charge is 0.378 e. The van der Waals surface area contributed by atoms with Gasteiger partial charge in [-0.1, -0.05) is 38.5 Å². The fourth-order valence-corrected chi connectivity index (χ4v) is 7.25. The van der Waals surface area contributed by atoms with Crippen LogP contribution in [0.25, 0.3) is 0 Å². The SMILES string of the molecule is N#CC1CCC(CN2CCC(CCOC(C3CCCCC3)C3CCCCC3)CC2)CC1. The number of ether oxygens (including phenoxy) is 1. The average molecular weight is 429 g/mol. The van der Waals surface area contributed by atoms with E-state index in [2.05, 4.69) is 11.0 Å². The van der Waals surface area contributed by atoms with Gasteiger partial charge in [-0.05, 0) is 107 Å². The molecule has 3 nitrogen and oxygen atoms in total. The molecule has 4 aliphatic rings. The summed E-state index contributed by atoms with van der Waals surface area (Å²) in [4.78, 5) is 2.72. The fourth-order valence-electron chi connectivity index (χ4n) is 7.25. The molecule has 0 unspecified atom stereocenters. The lowest BCUT2D eigenvalue weighted by atomic mass is 9.75. The topological polar surface area (TPSA) is 36.3 Å². The van der Waals surface area contributed by atoms with Crippen LogP contribution in [-0.2, 0) is 4.74 Å². The van der Waals surface area contributed by atoms with E-state index in [1.54, 1.807) is 0 Å². The Morgan fingerprint density at radius 3 is 1.84 bits per heavy atom. The third-order valence-electron chi connectivity index (χ3n) is 9.32. The predicted octanol–water partition coefficient (Wildman–Crippen LogP) is 6.96. The lowest BCUT2D eigenvalue weighted by Crippen LogP contribution is -2.38. The normalized spacial score (nSPS) is 30.5. The highest BCUT2D eigenvalue weighted by atomic mass is 16.5. The van der Waals surface area contributed by atoms with Crippen molar-refractivity contribution >= 4 is 0 Å². The van der Waals surface area contributed by atoms with Crippen molar-refractivity contribution in [2.45, 2.75) is 115 Å². The fraction of sp³-hybridized carbons (Fsp3) is 0.964. The minimum Gasteiger partial charge on any atom is -0.378 e. The summed E-state index contributed by atoms with van der Waals surface area (Å²) in [7, 11) is 0. The van der Waals surface area contributed by atoms with E-state index in [0.717, 1.165) is 43.1 Å². The molecule has 0 N–H and O–H groups in total. The van der Waals surface area contributed by atoms with Gasteiger partial charge in [0.25, 0.3) is 0 Å². The maximum atomic E-state index is 9.11. The smallest absolute Gasteiger partial charge is 0.0655 e. The Hall–Kier alpha value is -0.590. The summed E-state index contributed by atoms with van der Waals surface area (Å²) in [5.41, 5.74) is 0. The van der Waals surface area contributed by atoms with Crippen LogP contribution in [0, 0.1) is 40.9 Å². The van der Waals surface area contributed by atoms with E-state index in [0.29, 0.717) is 12.0 Å². The summed E-state index contributed by atoms with van der Waals surface area (Å²) >= 11 is 0. The Bertz CT molecular complexity index is 512. The van der Waals surface area contributed by atoms with Gasteiger partial charge in [-0.15, -0.1) is 0 Å². The second kappa shape index (κ2) is 12.6. The molecule has 3 heteroatoms. The van der Waals surface area contributed by atoms with Crippen molar-refractivity contribution in [1.82, 2.24) is 4.90 Å². The molecule has 4 fully saturated rings. The summed E-state index contributed by atoms with van der Waals surface area (Å²) in [5, 5.41) is 9.11. The summed E-state index contributed by atoms with van der Waals surface area (Å²) in [6, 6.07) is 2.48. The maximum absolute atomic E-state index is 9.11. The molecule has 0 aromatic heterocycles. The van der Waals surface area contributed by atoms with Crippen LogP contribution < -0.4 is 0 Å². The molecule has 4 rings (SSSR count). The third-order valence-corrected chi connectivity index (χ3v) is 9.32. The number of nitriles is 1. The van der Waals surface area contributed by atoms with E-state index in [4.69, 9.17) is 10.00 Å². The molecule has 0 aromatic rings. The molecule has 1 heterocycles. The Morgan fingerprint density at radius 1 is 0.710 bits per heavy atom. The summed E-state index contributed by atoms with van der Waals surface area (Å²) in [5.74, 6) is 3.78. The summed E-state index contributed by atoms with van der Waals surface area (Å²) in [6.45, 7) is 4.88. The van der Waals surface area contributed by atoms with Gasteiger partial charge in [-0.25, -0.2) is 0 Å². The highest BCUT2D eigenvalue weighted by molar-refractivity contribution is 4.88. The molecular weight excluding hydrogens is 380 g/mol. The van der Waals surface area contributed by atoms with Crippen molar-refractivity contribution in [2.24, 2.45) is 29.6 Å². The van der Waals surface area contributed by atoms with Gasteiger partial charge < -0.3 is 9.64 Å². The van der Waals surface area contributed by atoms with E-state index in [1.165, 1.54) is 116 Å². The number of piperidine rings is 1. The van der Waals surface area contributed by atoms with Crippen molar-refractivity contribution in [2.75, 3.05) is 26.2 Å². The Kier molecular flexibility index (Phi) is 9.58. The van der Waals surface area contributed by atoms with Crippen LogP contribution >= 0.6 is 0 Å². The van der Waals surface area contributed by atoms with Gasteiger partial charge in [0.1, 0.15) is 0 Å². The van der Waals surface area contributed by atoms with Crippen LogP contribution in [0.3, 0.4) is 0 Å². The zero-order valence-corrected chi connectivity index (χ0v) is 20.1. The van der Waals surface area contributed by atoms with Crippen molar-refractivity contribution in [1.29, 1.82) is 5.26 Å². The molecule has 0 spiro atoms. The van der Waals surface area contributed by atoms with E-state index in [9.17, 15) is 0 Å². The molecule has 176 valence electrons. The monoisotopic (exact) mass is 428 g/mol. The van der Waals surface area contributed by atoms with Gasteiger partial charge in [-0.3, -0.25) is 0 Å². The van der Waals surface area contributed by atoms with Crippen LogP contribution in [0.15, 0.2) is 0 Å². The van der Waals surface area contributed by atoms with Gasteiger partial charge in [-0.2, -0.15) is 5.26 Å². The second-order valence-electron chi connectivity index (χ2n) is 11.5. The first kappa shape index (κ1) is 23.6. The van der Waals surface area contributed by atoms with Crippen LogP contribution in [0.5, 0.6) is 0 Å². The molecule has 0 radical (unpaired) electrons. The van der Waals surface area contributed by atoms with Gasteiger partial charge >= 0.3 is 0 Å². The van der Waals surface area contributed by atoms with E-state index in [-0.39, 0.29) is 0 Å². The lowest BCUT2D eigenvalue weighted by molar-refractivity contribution is -0.0523. The van der Waals surface area contributed by atoms with Crippen molar-refractivity contribution in [3.8, 4) is 6.07 Å². The Morgan fingerprint density at radius 2 is 1.29 bits per heavy atom. The molecule has 0 atom stereocenters. The zero-order valence-electron chi connectivity index (χ0n) is 20.1. The molecule has 0 bridgehead atoms. The minimum atomic E-state index is 0.341. The molecule has 31 heavy (non-hydrogen) atoms. The highest BCUT2D eigenvalue weighted by Gasteiger charge is 2.32. The van der Waals surface area contributed by atoms with Crippen molar-refractivity contribution in [3.05, 3.63) is 0 Å². The lowest BCUT2D eigenvalue weighted by Gasteiger charge is -2.38. The number of nitrogens with zero attached hydrogens (tertiary/aromatic N) is 2. The van der Waals surface area contributed by atoms with Crippen LogP contribution in [0.2, 0.25) is 0 Å². The minimum absolute atomic E-state index is 0.341. The molecule has 0 aromatic carbocycles. The molecule has 1 aliphatic heterocycles. The second-order valence-corrected chi connectivity index (χ2v) is 11.5. The molecule has 3 saturated carbocycles. The van der Waals surface area contributed by atoms with Crippen molar-refractivity contribution in [3.63, 3.8) is 0 Å². The first-order chi connectivity index (χ1) is 15.3. The first-order valence-corrected chi connectivity index (χ1v) is 14.1. The molecule has 0 amide bonds. The average Bonchev–Trinajstić information content (AvgIpc) is 2.84. The predicted molar refractivity (Wildman–Crippen MR) is 128 cm³/mol. The maximum Gasteiger partial charge on any atom is 0.0655 e. The van der Waals surface area contributed by atoms with Crippen LogP contribution in [0.4, 0.5) is 0 Å². The van der Waals surface area contributed by atoms with Crippen LogP contribution in [-0.4, -0.2) is 37.2 Å². The Balaban J connectivity index is 1.15. The number of rotatable bonds is 8. The number of hydrogen-bond donors (Lipinski definition) is 0. The standard InChI is InChI=1S/C28H48N2O/c29-21-24-11-13-25(14-12-24)22-30-18-15-23(16-19-30)17-20-31-28(26-7-3-1-4-8-26)27-9-5-2-6-10-27/h23-28H,1-20,22H2. The van der Waals surface area contributed by atoms with Gasteiger partial charge in [0.15, 0.2) is 0 Å². The summed E-state index contributed by atoms with van der Waals surface area (Å²) in [6.07, 6.45) is 23.8. The molecule has 3 aliphatic carbocycles. The Labute approximate surface area is 192 Å².